The maximum Gasteiger partial charge on any atom is 0.454 e. The van der Waals surface area contributed by atoms with Gasteiger partial charge in [0.15, 0.2) is 17.3 Å². The lowest BCUT2D eigenvalue weighted by molar-refractivity contribution is -0.134. The van der Waals surface area contributed by atoms with E-state index >= 15 is 0 Å². The van der Waals surface area contributed by atoms with Crippen LogP contribution in [0.3, 0.4) is 0 Å². The zero-order chi connectivity index (χ0) is 43.3. The SMILES string of the molecule is CCCCc1ccc(-c2ccc(C(=O)C[C@@H](CCCCN)C(=O)NC(C(=O)C[C@@H](C)C(=O)N[C@@H](CCCCN)C(=O)C[C@@H](C)B(O)O)c3ccc(OC)cc3)cc2)cc1. The highest BCUT2D eigenvalue weighted by Crippen LogP contribution is 2.26. The molecule has 0 saturated carbocycles. The summed E-state index contributed by atoms with van der Waals surface area (Å²) in [7, 11) is -0.169. The van der Waals surface area contributed by atoms with Gasteiger partial charge >= 0.3 is 7.12 Å². The van der Waals surface area contributed by atoms with Gasteiger partial charge in [0.05, 0.1) is 13.2 Å². The van der Waals surface area contributed by atoms with Crippen LogP contribution >= 0.6 is 0 Å². The molecule has 5 atom stereocenters. The molecule has 12 nitrogen and oxygen atoms in total. The van der Waals surface area contributed by atoms with Crippen LogP contribution in [-0.4, -0.2) is 72.6 Å². The summed E-state index contributed by atoms with van der Waals surface area (Å²) in [4.78, 5) is 68.5. The zero-order valence-corrected chi connectivity index (χ0v) is 35.3. The fourth-order valence-corrected chi connectivity index (χ4v) is 6.90. The van der Waals surface area contributed by atoms with Gasteiger partial charge in [-0.05, 0) is 98.2 Å². The van der Waals surface area contributed by atoms with Crippen LogP contribution < -0.4 is 26.8 Å². The van der Waals surface area contributed by atoms with Crippen LogP contribution in [-0.2, 0) is 25.6 Å². The molecule has 0 heterocycles. The van der Waals surface area contributed by atoms with Crippen molar-refractivity contribution >= 4 is 36.3 Å². The molecule has 320 valence electrons. The predicted octanol–water partition coefficient (Wildman–Crippen LogP) is 5.91. The molecule has 0 saturated heterocycles. The van der Waals surface area contributed by atoms with Crippen LogP contribution in [0.15, 0.2) is 72.8 Å². The number of ether oxygens (including phenoxy) is 1. The Morgan fingerprint density at radius 1 is 0.695 bits per heavy atom. The van der Waals surface area contributed by atoms with E-state index in [4.69, 9.17) is 16.2 Å². The first-order valence-corrected chi connectivity index (χ1v) is 21.1. The first-order valence-electron chi connectivity index (χ1n) is 21.1. The molecule has 0 fully saturated rings. The summed E-state index contributed by atoms with van der Waals surface area (Å²) in [6.45, 7) is 6.11. The molecule has 3 rings (SSSR count). The standard InChI is InChI=1S/C46H65BN4O8/c1-5-6-11-33-14-16-34(17-15-33)35-18-20-36(21-19-35)41(52)30-38(12-7-9-26-48)46(56)51-44(37-22-24-39(59-4)25-23-37)43(54)28-31(2)45(55)50-40(13-8-10-27-49)42(53)29-32(3)47(57)58/h14-25,31-32,38,40,44,57-58H,5-13,26-30,48-49H2,1-4H3,(H,50,55)(H,51,56)/t31-,32-,38-,40+,44?/m1/s1. The third-order valence-electron chi connectivity index (χ3n) is 10.8. The van der Waals surface area contributed by atoms with Gasteiger partial charge in [0.2, 0.25) is 11.8 Å². The number of hydrogen-bond donors (Lipinski definition) is 6. The highest BCUT2D eigenvalue weighted by atomic mass is 16.5. The molecule has 3 aromatic rings. The Morgan fingerprint density at radius 3 is 1.85 bits per heavy atom. The van der Waals surface area contributed by atoms with Crippen LogP contribution in [0.1, 0.15) is 119 Å². The topological polar surface area (TPSA) is 211 Å². The number of nitrogens with two attached hydrogens (primary N) is 2. The summed E-state index contributed by atoms with van der Waals surface area (Å²) < 4.78 is 5.31. The molecule has 0 spiro atoms. The summed E-state index contributed by atoms with van der Waals surface area (Å²) >= 11 is 0. The van der Waals surface area contributed by atoms with Crippen LogP contribution in [0, 0.1) is 11.8 Å². The van der Waals surface area contributed by atoms with E-state index in [-0.39, 0.29) is 30.8 Å². The lowest BCUT2D eigenvalue weighted by Gasteiger charge is -2.25. The van der Waals surface area contributed by atoms with Crippen molar-refractivity contribution in [2.75, 3.05) is 20.2 Å². The highest BCUT2D eigenvalue weighted by molar-refractivity contribution is 6.43. The summed E-state index contributed by atoms with van der Waals surface area (Å²) in [5.41, 5.74) is 15.7. The van der Waals surface area contributed by atoms with E-state index in [0.29, 0.717) is 68.5 Å². The third-order valence-corrected chi connectivity index (χ3v) is 10.8. The fourth-order valence-electron chi connectivity index (χ4n) is 6.90. The van der Waals surface area contributed by atoms with E-state index in [9.17, 15) is 34.0 Å². The largest absolute Gasteiger partial charge is 0.497 e. The quantitative estimate of drug-likeness (QED) is 0.0290. The number of unbranched alkanes of at least 4 members (excludes halogenated alkanes) is 3. The number of Topliss-reactive ketones (excluding diaryl/α,β-unsaturated/α-hetero) is 3. The Hall–Kier alpha value is -4.69. The van der Waals surface area contributed by atoms with Crippen LogP contribution in [0.5, 0.6) is 5.75 Å². The molecule has 0 aliphatic carbocycles. The first-order chi connectivity index (χ1) is 28.3. The second kappa shape index (κ2) is 25.7. The van der Waals surface area contributed by atoms with Crippen LogP contribution in [0.2, 0.25) is 5.82 Å². The number of methoxy groups -OCH3 is 1. The Labute approximate surface area is 350 Å². The van der Waals surface area contributed by atoms with Gasteiger partial charge in [0, 0.05) is 36.7 Å². The maximum absolute atomic E-state index is 14.1. The second-order valence-corrected chi connectivity index (χ2v) is 15.7. The Morgan fingerprint density at radius 2 is 1.29 bits per heavy atom. The number of carbonyl (C=O) groups is 5. The Bertz CT molecular complexity index is 1770. The van der Waals surface area contributed by atoms with Gasteiger partial charge in [0.1, 0.15) is 11.8 Å². The molecule has 0 aliphatic heterocycles. The molecule has 0 bridgehead atoms. The predicted molar refractivity (Wildman–Crippen MR) is 233 cm³/mol. The first kappa shape index (κ1) is 48.7. The van der Waals surface area contributed by atoms with E-state index in [1.165, 1.54) is 19.6 Å². The average Bonchev–Trinajstić information content (AvgIpc) is 3.24. The maximum atomic E-state index is 14.1. The summed E-state index contributed by atoms with van der Waals surface area (Å²) in [5, 5.41) is 24.7. The molecule has 13 heteroatoms. The molecular formula is C46H65BN4O8. The highest BCUT2D eigenvalue weighted by Gasteiger charge is 2.32. The number of rotatable bonds is 28. The van der Waals surface area contributed by atoms with Crippen molar-refractivity contribution in [1.29, 1.82) is 0 Å². The molecule has 8 N–H and O–H groups in total. The number of benzene rings is 3. The molecule has 0 aromatic heterocycles. The van der Waals surface area contributed by atoms with E-state index < -0.39 is 54.5 Å². The smallest absolute Gasteiger partial charge is 0.454 e. The number of aryl methyl sites for hydroxylation is 1. The van der Waals surface area contributed by atoms with Crippen molar-refractivity contribution in [2.24, 2.45) is 23.3 Å². The number of nitrogens with one attached hydrogen (secondary N) is 2. The van der Waals surface area contributed by atoms with Crippen molar-refractivity contribution in [3.8, 4) is 16.9 Å². The van der Waals surface area contributed by atoms with Gasteiger partial charge in [0.25, 0.3) is 0 Å². The molecule has 0 radical (unpaired) electrons. The van der Waals surface area contributed by atoms with Crippen molar-refractivity contribution in [1.82, 2.24) is 10.6 Å². The van der Waals surface area contributed by atoms with Crippen LogP contribution in [0.25, 0.3) is 11.1 Å². The van der Waals surface area contributed by atoms with Gasteiger partial charge in [-0.2, -0.15) is 0 Å². The summed E-state index contributed by atoms with van der Waals surface area (Å²) in [6.07, 6.45) is 5.98. The monoisotopic (exact) mass is 812 g/mol. The van der Waals surface area contributed by atoms with E-state index in [0.717, 1.165) is 30.4 Å². The van der Waals surface area contributed by atoms with Crippen molar-refractivity contribution < 1.29 is 38.8 Å². The molecule has 2 amide bonds. The number of ketones is 3. The van der Waals surface area contributed by atoms with E-state index in [1.807, 2.05) is 12.1 Å². The molecule has 1 unspecified atom stereocenters. The van der Waals surface area contributed by atoms with Crippen molar-refractivity contribution in [3.63, 3.8) is 0 Å². The zero-order valence-electron chi connectivity index (χ0n) is 35.3. The number of amides is 2. The minimum atomic E-state index is -1.69. The molecule has 3 aromatic carbocycles. The van der Waals surface area contributed by atoms with Crippen molar-refractivity contribution in [3.05, 3.63) is 89.5 Å². The lowest BCUT2D eigenvalue weighted by Crippen LogP contribution is -2.45. The average molecular weight is 813 g/mol. The normalized spacial score (nSPS) is 13.7. The van der Waals surface area contributed by atoms with Gasteiger partial charge < -0.3 is 36.9 Å². The third kappa shape index (κ3) is 16.1. The molecule has 59 heavy (non-hydrogen) atoms. The van der Waals surface area contributed by atoms with Crippen molar-refractivity contribution in [2.45, 2.75) is 116 Å². The van der Waals surface area contributed by atoms with E-state index in [2.05, 4.69) is 41.8 Å². The molecule has 0 aliphatic rings. The second-order valence-electron chi connectivity index (χ2n) is 15.7. The summed E-state index contributed by atoms with van der Waals surface area (Å²) in [5.74, 6) is -3.79. The Kier molecular flexibility index (Phi) is 21.2. The Balaban J connectivity index is 1.79. The van der Waals surface area contributed by atoms with Gasteiger partial charge in [-0.1, -0.05) is 94.3 Å². The number of carbonyl (C=O) groups excluding carboxylic acids is 5. The minimum Gasteiger partial charge on any atom is -0.497 e. The molecular weight excluding hydrogens is 747 g/mol. The van der Waals surface area contributed by atoms with Gasteiger partial charge in [-0.25, -0.2) is 0 Å². The number of hydrogen-bond acceptors (Lipinski definition) is 10. The fraction of sp³-hybridized carbons (Fsp3) is 0.500. The minimum absolute atomic E-state index is 0.0737. The van der Waals surface area contributed by atoms with Gasteiger partial charge in [-0.3, -0.25) is 24.0 Å². The van der Waals surface area contributed by atoms with E-state index in [1.54, 1.807) is 43.3 Å². The lowest BCUT2D eigenvalue weighted by atomic mass is 9.71. The summed E-state index contributed by atoms with van der Waals surface area (Å²) in [6, 6.07) is 20.5. The van der Waals surface area contributed by atoms with Gasteiger partial charge in [-0.15, -0.1) is 0 Å². The van der Waals surface area contributed by atoms with Crippen LogP contribution in [0.4, 0.5) is 0 Å².